The lowest BCUT2D eigenvalue weighted by atomic mass is 10.2. The first-order valence-electron chi connectivity index (χ1n) is 8.45. The normalized spacial score (nSPS) is 10.4. The average Bonchev–Trinajstić information content (AvgIpc) is 2.58. The predicted molar refractivity (Wildman–Crippen MR) is 117 cm³/mol. The summed E-state index contributed by atoms with van der Waals surface area (Å²) in [4.78, 5) is 22.2. The number of hydrogen-bond acceptors (Lipinski definition) is 4. The van der Waals surface area contributed by atoms with Crippen molar-refractivity contribution in [2.45, 2.75) is 26.4 Å². The maximum absolute atomic E-state index is 11.6. The van der Waals surface area contributed by atoms with Crippen molar-refractivity contribution in [1.29, 1.82) is 0 Å². The van der Waals surface area contributed by atoms with Gasteiger partial charge in [-0.05, 0) is 74.2 Å². The van der Waals surface area contributed by atoms with Gasteiger partial charge in [0.2, 0.25) is 5.91 Å². The maximum atomic E-state index is 11.6. The van der Waals surface area contributed by atoms with Crippen LogP contribution in [0.25, 0.3) is 0 Å². The zero-order valence-corrected chi connectivity index (χ0v) is 18.9. The van der Waals surface area contributed by atoms with Gasteiger partial charge in [0, 0.05) is 22.9 Å². The predicted octanol–water partition coefficient (Wildman–Crippen LogP) is 5.68. The first kappa shape index (κ1) is 22.5. The molecule has 0 aliphatic rings. The van der Waals surface area contributed by atoms with Crippen molar-refractivity contribution in [2.75, 3.05) is 17.2 Å². The van der Waals surface area contributed by atoms with Gasteiger partial charge < -0.3 is 20.5 Å². The minimum Gasteiger partial charge on any atom is -0.487 e. The summed E-state index contributed by atoms with van der Waals surface area (Å²) >= 11 is 13.0. The van der Waals surface area contributed by atoms with E-state index in [0.29, 0.717) is 32.0 Å². The van der Waals surface area contributed by atoms with Gasteiger partial charge in [-0.15, -0.1) is 0 Å². The highest BCUT2D eigenvalue weighted by Gasteiger charge is 2.13. The second kappa shape index (κ2) is 10.7. The summed E-state index contributed by atoms with van der Waals surface area (Å²) in [7, 11) is 0. The molecule has 0 saturated carbocycles. The quantitative estimate of drug-likeness (QED) is 0.361. The molecule has 9 heteroatoms. The highest BCUT2D eigenvalue weighted by atomic mass is 79.9. The van der Waals surface area contributed by atoms with E-state index in [0.717, 1.165) is 24.2 Å². The molecule has 3 N–H and O–H groups in total. The van der Waals surface area contributed by atoms with Crippen molar-refractivity contribution >= 4 is 66.7 Å². The van der Waals surface area contributed by atoms with E-state index in [1.165, 1.54) is 0 Å². The molecule has 0 spiro atoms. The summed E-state index contributed by atoms with van der Waals surface area (Å²) < 4.78 is 7.13. The Bertz CT molecular complexity index is 854. The fourth-order valence-electron chi connectivity index (χ4n) is 2.37. The van der Waals surface area contributed by atoms with Crippen LogP contribution in [0.15, 0.2) is 39.3 Å². The molecule has 0 aliphatic heterocycles. The number of rotatable bonds is 9. The Labute approximate surface area is 184 Å². The van der Waals surface area contributed by atoms with Crippen LogP contribution in [-0.4, -0.2) is 23.5 Å². The minimum absolute atomic E-state index is 0.295. The Morgan fingerprint density at radius 3 is 2.39 bits per heavy atom. The Kier molecular flexibility index (Phi) is 8.59. The van der Waals surface area contributed by atoms with Crippen LogP contribution in [-0.2, 0) is 16.2 Å². The number of carbonyl (C=O) groups excluding carboxylic acids is 1. The molecule has 0 radical (unpaired) electrons. The molecule has 28 heavy (non-hydrogen) atoms. The summed E-state index contributed by atoms with van der Waals surface area (Å²) in [6.45, 7) is 3.24. The molecule has 0 unspecified atom stereocenters. The van der Waals surface area contributed by atoms with E-state index in [-0.39, 0.29) is 0 Å². The topological polar surface area (TPSA) is 87.7 Å². The van der Waals surface area contributed by atoms with Crippen molar-refractivity contribution in [2.24, 2.45) is 0 Å². The molecule has 0 saturated heterocycles. The number of carboxylic acid groups (broad SMARTS) is 1. The third-order valence-electron chi connectivity index (χ3n) is 3.51. The van der Waals surface area contributed by atoms with E-state index in [4.69, 9.17) is 21.4 Å². The van der Waals surface area contributed by atoms with Gasteiger partial charge in [-0.25, -0.2) is 0 Å². The summed E-state index contributed by atoms with van der Waals surface area (Å²) in [5.74, 6) is -1.24. The number of ether oxygens (including phenoxy) is 1. The number of carboxylic acids is 1. The van der Waals surface area contributed by atoms with Crippen LogP contribution in [0.1, 0.15) is 25.3 Å². The van der Waals surface area contributed by atoms with Crippen molar-refractivity contribution in [3.63, 3.8) is 0 Å². The lowest BCUT2D eigenvalue weighted by Gasteiger charge is -2.14. The van der Waals surface area contributed by atoms with Crippen LogP contribution < -0.4 is 15.4 Å². The number of carbonyl (C=O) groups is 2. The van der Waals surface area contributed by atoms with Gasteiger partial charge in [-0.2, -0.15) is 0 Å². The lowest BCUT2D eigenvalue weighted by Crippen LogP contribution is -2.16. The monoisotopic (exact) mass is 532 g/mol. The van der Waals surface area contributed by atoms with E-state index >= 15 is 0 Å². The van der Waals surface area contributed by atoms with Crippen LogP contribution in [0.5, 0.6) is 5.75 Å². The van der Waals surface area contributed by atoms with E-state index in [9.17, 15) is 9.59 Å². The number of aliphatic carboxylic acids is 1. The summed E-state index contributed by atoms with van der Waals surface area (Å²) in [6.07, 6.45) is 0.407. The number of amides is 1. The van der Waals surface area contributed by atoms with Gasteiger partial charge >= 0.3 is 5.97 Å². The molecule has 0 heterocycles. The van der Waals surface area contributed by atoms with Gasteiger partial charge in [0.05, 0.1) is 8.95 Å². The summed E-state index contributed by atoms with van der Waals surface area (Å²) in [5, 5.41) is 15.1. The van der Waals surface area contributed by atoms with Crippen molar-refractivity contribution in [3.8, 4) is 5.75 Å². The third kappa shape index (κ3) is 7.00. The molecule has 150 valence electrons. The molecule has 6 nitrogen and oxygen atoms in total. The first-order chi connectivity index (χ1) is 13.3. The van der Waals surface area contributed by atoms with Crippen molar-refractivity contribution in [1.82, 2.24) is 0 Å². The number of halogens is 3. The maximum Gasteiger partial charge on any atom is 0.312 e. The molecule has 1 amide bonds. The van der Waals surface area contributed by atoms with Crippen LogP contribution >= 0.6 is 43.5 Å². The number of hydrogen-bond donors (Lipinski definition) is 3. The molecule has 0 aliphatic carbocycles. The van der Waals surface area contributed by atoms with Crippen LogP contribution in [0, 0.1) is 0 Å². The second-order valence-corrected chi connectivity index (χ2v) is 8.10. The standard InChI is InChI=1S/C19H19Br2ClN2O4/c1-2-3-23-13-5-11(4-12(22)6-13)10-28-19-15(20)7-14(8-16(19)21)24-17(25)9-18(26)27/h4-8,23H,2-3,9-10H2,1H3,(H,24,25)(H,26,27). The molecule has 0 fully saturated rings. The molecule has 0 aromatic heterocycles. The Morgan fingerprint density at radius 1 is 1.11 bits per heavy atom. The number of nitrogens with one attached hydrogen (secondary N) is 2. The smallest absolute Gasteiger partial charge is 0.312 e. The summed E-state index contributed by atoms with van der Waals surface area (Å²) in [5.41, 5.74) is 2.29. The zero-order chi connectivity index (χ0) is 20.7. The van der Waals surface area contributed by atoms with Gasteiger partial charge in [0.25, 0.3) is 0 Å². The van der Waals surface area contributed by atoms with E-state index in [2.05, 4.69) is 49.4 Å². The fourth-order valence-corrected chi connectivity index (χ4v) is 4.05. The Balaban J connectivity index is 2.09. The second-order valence-electron chi connectivity index (χ2n) is 5.95. The van der Waals surface area contributed by atoms with Gasteiger partial charge in [0.15, 0.2) is 0 Å². The van der Waals surface area contributed by atoms with Gasteiger partial charge in [-0.1, -0.05) is 18.5 Å². The SMILES string of the molecule is CCCNc1cc(Cl)cc(COc2c(Br)cc(NC(=O)CC(=O)O)cc2Br)c1. The molecular weight excluding hydrogens is 515 g/mol. The lowest BCUT2D eigenvalue weighted by molar-refractivity contribution is -0.139. The largest absolute Gasteiger partial charge is 0.487 e. The minimum atomic E-state index is -1.19. The Hall–Kier alpha value is -1.77. The first-order valence-corrected chi connectivity index (χ1v) is 10.4. The van der Waals surface area contributed by atoms with Crippen molar-refractivity contribution in [3.05, 3.63) is 49.9 Å². The van der Waals surface area contributed by atoms with Gasteiger partial charge in [0.1, 0.15) is 18.8 Å². The van der Waals surface area contributed by atoms with Crippen molar-refractivity contribution < 1.29 is 19.4 Å². The third-order valence-corrected chi connectivity index (χ3v) is 4.91. The molecule has 2 rings (SSSR count). The van der Waals surface area contributed by atoms with Gasteiger partial charge in [-0.3, -0.25) is 9.59 Å². The molecule has 2 aromatic carbocycles. The molecular formula is C19H19Br2ClN2O4. The zero-order valence-electron chi connectivity index (χ0n) is 15.0. The van der Waals surface area contributed by atoms with Crippen LogP contribution in [0.2, 0.25) is 5.02 Å². The van der Waals surface area contributed by atoms with E-state index in [1.54, 1.807) is 12.1 Å². The molecule has 0 bridgehead atoms. The van der Waals surface area contributed by atoms with Crippen LogP contribution in [0.4, 0.5) is 11.4 Å². The Morgan fingerprint density at radius 2 is 1.79 bits per heavy atom. The van der Waals surface area contributed by atoms with E-state index in [1.807, 2.05) is 18.2 Å². The summed E-state index contributed by atoms with van der Waals surface area (Å²) in [6, 6.07) is 8.96. The highest BCUT2D eigenvalue weighted by molar-refractivity contribution is 9.11. The molecule has 2 aromatic rings. The average molecular weight is 535 g/mol. The fraction of sp³-hybridized carbons (Fsp3) is 0.263. The van der Waals surface area contributed by atoms with Crippen LogP contribution in [0.3, 0.4) is 0 Å². The number of anilines is 2. The number of benzene rings is 2. The highest BCUT2D eigenvalue weighted by Crippen LogP contribution is 2.37. The van der Waals surface area contributed by atoms with E-state index < -0.39 is 18.3 Å². The molecule has 0 atom stereocenters.